The minimum absolute atomic E-state index is 0.149. The van der Waals surface area contributed by atoms with E-state index in [1.165, 1.54) is 0 Å². The maximum absolute atomic E-state index is 12.9. The van der Waals surface area contributed by atoms with E-state index in [9.17, 15) is 18.0 Å². The number of halogens is 3. The van der Waals surface area contributed by atoms with E-state index in [2.05, 4.69) is 0 Å². The number of alkyl halides is 3. The van der Waals surface area contributed by atoms with Crippen molar-refractivity contribution in [2.45, 2.75) is 43.8 Å². The molecule has 19 heavy (non-hydrogen) atoms. The first-order valence-electron chi connectivity index (χ1n) is 6.19. The predicted molar refractivity (Wildman–Crippen MR) is 60.6 cm³/mol. The molecule has 5 nitrogen and oxygen atoms in total. The molecule has 9 heteroatoms. The van der Waals surface area contributed by atoms with E-state index in [0.717, 1.165) is 4.90 Å². The van der Waals surface area contributed by atoms with Crippen molar-refractivity contribution in [2.75, 3.05) is 6.54 Å². The molecule has 1 saturated carbocycles. The quantitative estimate of drug-likeness (QED) is 0.617. The zero-order valence-corrected chi connectivity index (χ0v) is 10.2. The summed E-state index contributed by atoms with van der Waals surface area (Å²) in [5.41, 5.74) is 3.38. The second-order valence-electron chi connectivity index (χ2n) is 5.29. The second-order valence-corrected chi connectivity index (χ2v) is 5.29. The van der Waals surface area contributed by atoms with E-state index in [4.69, 9.17) is 15.8 Å². The Morgan fingerprint density at radius 2 is 2.00 bits per heavy atom. The van der Waals surface area contributed by atoms with Crippen molar-refractivity contribution in [3.8, 4) is 0 Å². The van der Waals surface area contributed by atoms with Gasteiger partial charge in [0, 0.05) is 6.54 Å². The van der Waals surface area contributed by atoms with Crippen LogP contribution in [-0.4, -0.2) is 52.7 Å². The Bertz CT molecular complexity index is 374. The van der Waals surface area contributed by atoms with Crippen LogP contribution in [0.1, 0.15) is 25.7 Å². The molecule has 2 aliphatic rings. The maximum Gasteiger partial charge on any atom is 0.475 e. The Labute approximate surface area is 108 Å². The average molecular weight is 280 g/mol. The third-order valence-corrected chi connectivity index (χ3v) is 4.14. The van der Waals surface area contributed by atoms with Gasteiger partial charge in [0.2, 0.25) is 5.91 Å². The van der Waals surface area contributed by atoms with E-state index in [1.807, 2.05) is 0 Å². The summed E-state index contributed by atoms with van der Waals surface area (Å²) < 4.78 is 38.7. The highest BCUT2D eigenvalue weighted by molar-refractivity contribution is 6.43. The summed E-state index contributed by atoms with van der Waals surface area (Å²) in [6.07, 6.45) is -3.92. The number of hydrogen-bond acceptors (Lipinski definition) is 4. The number of nitrogens with zero attached hydrogens (tertiary/aromatic N) is 1. The maximum atomic E-state index is 12.9. The lowest BCUT2D eigenvalue weighted by Crippen LogP contribution is -2.56. The van der Waals surface area contributed by atoms with Crippen molar-refractivity contribution in [3.05, 3.63) is 0 Å². The van der Waals surface area contributed by atoms with Crippen LogP contribution in [0.15, 0.2) is 0 Å². The van der Waals surface area contributed by atoms with Crippen molar-refractivity contribution >= 4 is 13.0 Å². The summed E-state index contributed by atoms with van der Waals surface area (Å²) in [6.45, 7) is 0.211. The highest BCUT2D eigenvalue weighted by atomic mass is 19.4. The van der Waals surface area contributed by atoms with E-state index >= 15 is 0 Å². The lowest BCUT2D eigenvalue weighted by atomic mass is 9.77. The van der Waals surface area contributed by atoms with Crippen molar-refractivity contribution < 1.29 is 28.0 Å². The zero-order chi connectivity index (χ0) is 14.4. The van der Waals surface area contributed by atoms with Gasteiger partial charge in [-0.2, -0.15) is 13.2 Å². The summed E-state index contributed by atoms with van der Waals surface area (Å²) in [6, 6.07) is -1.66. The molecule has 1 aliphatic heterocycles. The topological polar surface area (TPSA) is 86.8 Å². The third-order valence-electron chi connectivity index (χ3n) is 4.14. The van der Waals surface area contributed by atoms with E-state index in [1.54, 1.807) is 0 Å². The van der Waals surface area contributed by atoms with Crippen LogP contribution in [0.3, 0.4) is 0 Å². The van der Waals surface area contributed by atoms with Crippen LogP contribution < -0.4 is 5.73 Å². The van der Waals surface area contributed by atoms with Gasteiger partial charge in [-0.3, -0.25) is 4.79 Å². The molecule has 2 rings (SSSR count). The molecule has 1 heterocycles. The van der Waals surface area contributed by atoms with Gasteiger partial charge in [-0.05, 0) is 25.7 Å². The Morgan fingerprint density at radius 3 is 2.42 bits per heavy atom. The smallest absolute Gasteiger partial charge is 0.426 e. The molecule has 0 radical (unpaired) electrons. The molecule has 0 unspecified atom stereocenters. The summed E-state index contributed by atoms with van der Waals surface area (Å²) in [5, 5.41) is 18.3. The third kappa shape index (κ3) is 2.34. The van der Waals surface area contributed by atoms with Gasteiger partial charge in [-0.15, -0.1) is 0 Å². The number of rotatable bonds is 3. The van der Waals surface area contributed by atoms with Gasteiger partial charge in [-0.1, -0.05) is 0 Å². The molecule has 1 amide bonds. The SMILES string of the molecule is N[C@H](C(=O)N1CCC[C@H]1B(O)O)C1(C(F)(F)F)CC1. The van der Waals surface area contributed by atoms with Crippen LogP contribution in [0, 0.1) is 5.41 Å². The van der Waals surface area contributed by atoms with Gasteiger partial charge >= 0.3 is 13.3 Å². The van der Waals surface area contributed by atoms with Crippen molar-refractivity contribution in [3.63, 3.8) is 0 Å². The van der Waals surface area contributed by atoms with Crippen LogP contribution >= 0.6 is 0 Å². The monoisotopic (exact) mass is 280 g/mol. The normalized spacial score (nSPS) is 27.3. The number of hydrogen-bond donors (Lipinski definition) is 3. The number of carbonyl (C=O) groups is 1. The van der Waals surface area contributed by atoms with Crippen LogP contribution in [0.4, 0.5) is 13.2 Å². The fourth-order valence-corrected chi connectivity index (χ4v) is 2.70. The molecule has 0 aromatic heterocycles. The standard InChI is InChI=1S/C10H16BF3N2O3/c12-10(13,14)9(3-4-9)7(15)8(17)16-5-1-2-6(16)11(18)19/h6-7,18-19H,1-5,15H2/t6-,7+/m0/s1. The predicted octanol–water partition coefficient (Wildman–Crippen LogP) is -0.341. The first kappa shape index (κ1) is 14.6. The largest absolute Gasteiger partial charge is 0.475 e. The fourth-order valence-electron chi connectivity index (χ4n) is 2.70. The summed E-state index contributed by atoms with van der Waals surface area (Å²) in [5.74, 6) is -1.70. The Kier molecular flexibility index (Phi) is 3.57. The Hall–Kier alpha value is -0.795. The van der Waals surface area contributed by atoms with E-state index in [-0.39, 0.29) is 19.4 Å². The second kappa shape index (κ2) is 4.64. The fraction of sp³-hybridized carbons (Fsp3) is 0.900. The van der Waals surface area contributed by atoms with Crippen LogP contribution in [0.2, 0.25) is 0 Å². The molecule has 1 saturated heterocycles. The highest BCUT2D eigenvalue weighted by Gasteiger charge is 2.68. The molecule has 0 spiro atoms. The van der Waals surface area contributed by atoms with Gasteiger partial charge in [0.1, 0.15) is 0 Å². The number of amides is 1. The highest BCUT2D eigenvalue weighted by Crippen LogP contribution is 2.59. The van der Waals surface area contributed by atoms with Gasteiger partial charge in [0.05, 0.1) is 17.4 Å². The number of likely N-dealkylation sites (tertiary alicyclic amines) is 1. The average Bonchev–Trinajstić information content (AvgIpc) is 2.98. The Balaban J connectivity index is 2.12. The zero-order valence-electron chi connectivity index (χ0n) is 10.2. The van der Waals surface area contributed by atoms with Gasteiger partial charge in [0.15, 0.2) is 0 Å². The van der Waals surface area contributed by atoms with E-state index in [0.29, 0.717) is 12.8 Å². The van der Waals surface area contributed by atoms with Gasteiger partial charge in [-0.25, -0.2) is 0 Å². The lowest BCUT2D eigenvalue weighted by Gasteiger charge is -2.31. The molecule has 0 aromatic rings. The number of nitrogens with two attached hydrogens (primary N) is 1. The van der Waals surface area contributed by atoms with Crippen molar-refractivity contribution in [2.24, 2.45) is 11.1 Å². The van der Waals surface area contributed by atoms with Gasteiger partial charge < -0.3 is 20.7 Å². The summed E-state index contributed by atoms with van der Waals surface area (Å²) in [4.78, 5) is 13.1. The first-order chi connectivity index (χ1) is 8.71. The molecule has 4 N–H and O–H groups in total. The molecule has 1 aliphatic carbocycles. The van der Waals surface area contributed by atoms with Crippen LogP contribution in [0.5, 0.6) is 0 Å². The summed E-state index contributed by atoms with van der Waals surface area (Å²) >= 11 is 0. The molecular weight excluding hydrogens is 264 g/mol. The molecule has 0 bridgehead atoms. The van der Waals surface area contributed by atoms with Crippen LogP contribution in [0.25, 0.3) is 0 Å². The van der Waals surface area contributed by atoms with Crippen LogP contribution in [-0.2, 0) is 4.79 Å². The van der Waals surface area contributed by atoms with E-state index < -0.39 is 36.6 Å². The lowest BCUT2D eigenvalue weighted by molar-refractivity contribution is -0.196. The molecular formula is C10H16BF3N2O3. The molecule has 2 fully saturated rings. The van der Waals surface area contributed by atoms with Crippen molar-refractivity contribution in [1.29, 1.82) is 0 Å². The minimum atomic E-state index is -4.50. The molecule has 2 atom stereocenters. The molecule has 108 valence electrons. The van der Waals surface area contributed by atoms with Crippen molar-refractivity contribution in [1.82, 2.24) is 4.90 Å². The van der Waals surface area contributed by atoms with Gasteiger partial charge in [0.25, 0.3) is 0 Å². The minimum Gasteiger partial charge on any atom is -0.426 e. The Morgan fingerprint density at radius 1 is 1.42 bits per heavy atom. The summed E-state index contributed by atoms with van der Waals surface area (Å²) in [7, 11) is -1.75. The molecule has 0 aromatic carbocycles. The first-order valence-corrected chi connectivity index (χ1v) is 6.19. The number of carbonyl (C=O) groups excluding carboxylic acids is 1.